The molecule has 0 saturated carbocycles. The molecule has 1 aromatic rings. The second-order valence-electron chi connectivity index (χ2n) is 3.71. The molecule has 0 unspecified atom stereocenters. The minimum atomic E-state index is -0.534. The van der Waals surface area contributed by atoms with E-state index in [9.17, 15) is 9.18 Å². The number of carbonyl (C=O) groups excluding carboxylic acids is 1. The summed E-state index contributed by atoms with van der Waals surface area (Å²) in [5.74, 6) is -0.361. The maximum atomic E-state index is 13.9. The number of benzene rings is 1. The lowest BCUT2D eigenvalue weighted by Crippen LogP contribution is -2.36. The van der Waals surface area contributed by atoms with Crippen molar-refractivity contribution in [1.29, 1.82) is 0 Å². The van der Waals surface area contributed by atoms with Gasteiger partial charge in [-0.05, 0) is 18.6 Å². The van der Waals surface area contributed by atoms with Gasteiger partial charge in [0.05, 0.1) is 12.6 Å². The van der Waals surface area contributed by atoms with E-state index in [0.717, 1.165) is 0 Å². The Morgan fingerprint density at radius 2 is 2.31 bits per heavy atom. The van der Waals surface area contributed by atoms with Gasteiger partial charge in [0.2, 0.25) is 0 Å². The van der Waals surface area contributed by atoms with Crippen molar-refractivity contribution in [1.82, 2.24) is 5.32 Å². The average Bonchev–Trinajstić information content (AvgIpc) is 2.24. The lowest BCUT2D eigenvalue weighted by atomic mass is 10.0. The molecule has 1 saturated heterocycles. The third kappa shape index (κ3) is 1.97. The van der Waals surface area contributed by atoms with Crippen molar-refractivity contribution in [3.63, 3.8) is 0 Å². The Labute approximate surface area is 97.5 Å². The van der Waals surface area contributed by atoms with Gasteiger partial charge in [-0.1, -0.05) is 17.7 Å². The molecule has 16 heavy (non-hydrogen) atoms. The molecule has 3 nitrogen and oxygen atoms in total. The highest BCUT2D eigenvalue weighted by Gasteiger charge is 2.26. The normalized spacial score (nSPS) is 20.2. The maximum absolute atomic E-state index is 13.9. The number of alkyl carbamates (subject to hydrolysis) is 1. The summed E-state index contributed by atoms with van der Waals surface area (Å²) in [6, 6.07) is 2.84. The van der Waals surface area contributed by atoms with E-state index < -0.39 is 12.1 Å². The first-order valence-electron chi connectivity index (χ1n) is 4.97. The number of ether oxygens (including phenoxy) is 1. The summed E-state index contributed by atoms with van der Waals surface area (Å²) >= 11 is 5.95. The smallest absolute Gasteiger partial charge is 0.407 e. The Hall–Kier alpha value is -1.29. The summed E-state index contributed by atoms with van der Waals surface area (Å²) in [4.78, 5) is 11.1. The zero-order valence-corrected chi connectivity index (χ0v) is 9.47. The van der Waals surface area contributed by atoms with Gasteiger partial charge < -0.3 is 10.1 Å². The average molecular weight is 244 g/mol. The number of nitrogens with one attached hydrogen (secondary N) is 1. The minimum absolute atomic E-state index is 0.278. The van der Waals surface area contributed by atoms with Gasteiger partial charge >= 0.3 is 6.09 Å². The van der Waals surface area contributed by atoms with Gasteiger partial charge in [0.15, 0.2) is 0 Å². The number of aryl methyl sites for hydroxylation is 1. The Kier molecular flexibility index (Phi) is 3.01. The highest BCUT2D eigenvalue weighted by Crippen LogP contribution is 2.31. The van der Waals surface area contributed by atoms with E-state index in [2.05, 4.69) is 5.32 Å². The van der Waals surface area contributed by atoms with E-state index in [1.54, 1.807) is 19.1 Å². The molecule has 5 heteroatoms. The second kappa shape index (κ2) is 4.29. The van der Waals surface area contributed by atoms with Crippen LogP contribution in [0.15, 0.2) is 12.1 Å². The zero-order chi connectivity index (χ0) is 11.7. The number of hydrogen-bond acceptors (Lipinski definition) is 2. The number of halogens is 2. The molecule has 1 aromatic carbocycles. The quantitative estimate of drug-likeness (QED) is 0.824. The number of carbonyl (C=O) groups is 1. The van der Waals surface area contributed by atoms with Crippen molar-refractivity contribution < 1.29 is 13.9 Å². The number of hydrogen-bond donors (Lipinski definition) is 1. The molecule has 2 rings (SSSR count). The van der Waals surface area contributed by atoms with Crippen LogP contribution in [0.2, 0.25) is 5.02 Å². The first-order valence-corrected chi connectivity index (χ1v) is 5.35. The van der Waals surface area contributed by atoms with Crippen molar-refractivity contribution in [3.05, 3.63) is 34.1 Å². The van der Waals surface area contributed by atoms with Gasteiger partial charge in [-0.2, -0.15) is 0 Å². The Bertz CT molecular complexity index is 436. The molecule has 1 atom stereocenters. The minimum Gasteiger partial charge on any atom is -0.449 e. The molecule has 0 bridgehead atoms. The van der Waals surface area contributed by atoms with Gasteiger partial charge in [-0.15, -0.1) is 0 Å². The SMILES string of the molecule is Cc1ccc(Cl)c([C@@H]2CCOC(=O)N2)c1F. The molecule has 1 heterocycles. The van der Waals surface area contributed by atoms with Crippen LogP contribution in [0.1, 0.15) is 23.6 Å². The van der Waals surface area contributed by atoms with Crippen LogP contribution in [0.25, 0.3) is 0 Å². The predicted molar refractivity (Wildman–Crippen MR) is 58.0 cm³/mol. The summed E-state index contributed by atoms with van der Waals surface area (Å²) in [5, 5.41) is 2.88. The van der Waals surface area contributed by atoms with Crippen LogP contribution < -0.4 is 5.32 Å². The molecular formula is C11H11ClFNO2. The van der Waals surface area contributed by atoms with Crippen LogP contribution in [0, 0.1) is 12.7 Å². The fourth-order valence-corrected chi connectivity index (χ4v) is 2.02. The van der Waals surface area contributed by atoms with Gasteiger partial charge in [0.1, 0.15) is 5.82 Å². The van der Waals surface area contributed by atoms with Crippen LogP contribution in [-0.2, 0) is 4.74 Å². The Balaban J connectivity index is 2.39. The van der Waals surface area contributed by atoms with E-state index in [1.807, 2.05) is 0 Å². The van der Waals surface area contributed by atoms with Crippen LogP contribution in [0.5, 0.6) is 0 Å². The van der Waals surface area contributed by atoms with Crippen LogP contribution in [-0.4, -0.2) is 12.7 Å². The first-order chi connectivity index (χ1) is 7.59. The molecule has 0 aromatic heterocycles. The molecule has 0 radical (unpaired) electrons. The second-order valence-corrected chi connectivity index (χ2v) is 4.12. The third-order valence-corrected chi connectivity index (χ3v) is 2.93. The Morgan fingerprint density at radius 1 is 1.56 bits per heavy atom. The molecule has 1 aliphatic rings. The molecule has 0 aliphatic carbocycles. The Morgan fingerprint density at radius 3 is 3.00 bits per heavy atom. The molecule has 1 amide bonds. The maximum Gasteiger partial charge on any atom is 0.407 e. The van der Waals surface area contributed by atoms with E-state index in [-0.39, 0.29) is 12.4 Å². The molecule has 0 spiro atoms. The largest absolute Gasteiger partial charge is 0.449 e. The van der Waals surface area contributed by atoms with Gasteiger partial charge in [-0.3, -0.25) is 0 Å². The number of amides is 1. The van der Waals surface area contributed by atoms with E-state index >= 15 is 0 Å². The van der Waals surface area contributed by atoms with Crippen LogP contribution in [0.3, 0.4) is 0 Å². The fraction of sp³-hybridized carbons (Fsp3) is 0.364. The summed E-state index contributed by atoms with van der Waals surface area (Å²) in [6.45, 7) is 1.94. The standard InChI is InChI=1S/C11H11ClFNO2/c1-6-2-3-7(12)9(10(6)13)8-4-5-16-11(15)14-8/h2-3,8H,4-5H2,1H3,(H,14,15)/t8-/m0/s1. The zero-order valence-electron chi connectivity index (χ0n) is 8.72. The van der Waals surface area contributed by atoms with Crippen molar-refractivity contribution in [2.75, 3.05) is 6.61 Å². The van der Waals surface area contributed by atoms with E-state index in [4.69, 9.17) is 16.3 Å². The van der Waals surface area contributed by atoms with Crippen molar-refractivity contribution in [2.45, 2.75) is 19.4 Å². The van der Waals surface area contributed by atoms with Crippen LogP contribution in [0.4, 0.5) is 9.18 Å². The van der Waals surface area contributed by atoms with Gasteiger partial charge in [0, 0.05) is 17.0 Å². The number of cyclic esters (lactones) is 1. The highest BCUT2D eigenvalue weighted by atomic mass is 35.5. The van der Waals surface area contributed by atoms with E-state index in [1.165, 1.54) is 0 Å². The molecular weight excluding hydrogens is 233 g/mol. The summed E-state index contributed by atoms with van der Waals surface area (Å²) in [6.07, 6.45) is -0.0144. The number of rotatable bonds is 1. The van der Waals surface area contributed by atoms with Gasteiger partial charge in [0.25, 0.3) is 0 Å². The summed E-state index contributed by atoms with van der Waals surface area (Å²) in [7, 11) is 0. The molecule has 1 N–H and O–H groups in total. The molecule has 86 valence electrons. The van der Waals surface area contributed by atoms with Crippen LogP contribution >= 0.6 is 11.6 Å². The lowest BCUT2D eigenvalue weighted by molar-refractivity contribution is 0.115. The third-order valence-electron chi connectivity index (χ3n) is 2.60. The lowest BCUT2D eigenvalue weighted by Gasteiger charge is -2.25. The molecule has 1 aliphatic heterocycles. The topological polar surface area (TPSA) is 38.3 Å². The molecule has 1 fully saturated rings. The van der Waals surface area contributed by atoms with Crippen molar-refractivity contribution >= 4 is 17.7 Å². The van der Waals surface area contributed by atoms with Crippen molar-refractivity contribution in [2.24, 2.45) is 0 Å². The van der Waals surface area contributed by atoms with Crippen molar-refractivity contribution in [3.8, 4) is 0 Å². The van der Waals surface area contributed by atoms with Gasteiger partial charge in [-0.25, -0.2) is 9.18 Å². The summed E-state index contributed by atoms with van der Waals surface area (Å²) in [5.41, 5.74) is 0.860. The summed E-state index contributed by atoms with van der Waals surface area (Å²) < 4.78 is 18.6. The highest BCUT2D eigenvalue weighted by molar-refractivity contribution is 6.31. The predicted octanol–water partition coefficient (Wildman–Crippen LogP) is 2.96. The fourth-order valence-electron chi connectivity index (χ4n) is 1.74. The first kappa shape index (κ1) is 11.2. The monoisotopic (exact) mass is 243 g/mol. The van der Waals surface area contributed by atoms with E-state index in [0.29, 0.717) is 22.6 Å².